The number of aromatic nitrogens is 3. The molecular formula is C20H21Cl2N5O2S. The van der Waals surface area contributed by atoms with Crippen molar-refractivity contribution in [2.24, 2.45) is 0 Å². The summed E-state index contributed by atoms with van der Waals surface area (Å²) in [6, 6.07) is 7.49. The smallest absolute Gasteiger partial charge is 0.292 e. The molecule has 4 N–H and O–H groups in total. The zero-order valence-electron chi connectivity index (χ0n) is 16.0. The third-order valence-corrected chi connectivity index (χ3v) is 6.23. The minimum Gasteiger partial charge on any atom is -0.395 e. The number of nitrogens with zero attached hydrogens (tertiary/aromatic N) is 2. The second-order valence-electron chi connectivity index (χ2n) is 6.84. The third kappa shape index (κ3) is 4.48. The summed E-state index contributed by atoms with van der Waals surface area (Å²) in [5, 5.41) is 20.0. The Bertz CT molecular complexity index is 1230. The minimum absolute atomic E-state index is 0.0323. The molecule has 158 valence electrons. The number of fused-ring (bicyclic) bond motifs is 2. The van der Waals surface area contributed by atoms with Crippen molar-refractivity contribution in [1.82, 2.24) is 19.9 Å². The molecule has 0 saturated heterocycles. The van der Waals surface area contributed by atoms with Gasteiger partial charge in [-0.25, -0.2) is 0 Å². The average Bonchev–Trinajstić information content (AvgIpc) is 3.31. The van der Waals surface area contributed by atoms with Crippen LogP contribution in [0.2, 0.25) is 10.0 Å². The summed E-state index contributed by atoms with van der Waals surface area (Å²) in [6.07, 6.45) is 0.845. The lowest BCUT2D eigenvalue weighted by Gasteiger charge is -2.11. The number of H-pyrrole nitrogens is 1. The number of aliphatic hydroxyl groups excluding tert-OH is 1. The predicted molar refractivity (Wildman–Crippen MR) is 124 cm³/mol. The van der Waals surface area contributed by atoms with E-state index in [1.54, 1.807) is 6.07 Å². The molecule has 3 heterocycles. The van der Waals surface area contributed by atoms with Crippen LogP contribution in [-0.2, 0) is 13.1 Å². The van der Waals surface area contributed by atoms with Crippen LogP contribution in [0.4, 0.5) is 5.95 Å². The quantitative estimate of drug-likeness (QED) is 0.281. The number of hydrogen-bond acceptors (Lipinski definition) is 6. The van der Waals surface area contributed by atoms with Crippen LogP contribution in [0.25, 0.3) is 21.1 Å². The Morgan fingerprint density at radius 2 is 2.10 bits per heavy atom. The van der Waals surface area contributed by atoms with E-state index in [1.807, 2.05) is 28.1 Å². The molecule has 10 heteroatoms. The molecule has 0 amide bonds. The van der Waals surface area contributed by atoms with Crippen molar-refractivity contribution in [2.75, 3.05) is 25.0 Å². The van der Waals surface area contributed by atoms with Crippen LogP contribution in [-0.4, -0.2) is 39.3 Å². The fourth-order valence-corrected chi connectivity index (χ4v) is 4.72. The van der Waals surface area contributed by atoms with Crippen molar-refractivity contribution in [3.63, 3.8) is 0 Å². The molecule has 30 heavy (non-hydrogen) atoms. The normalized spacial score (nSPS) is 11.6. The highest BCUT2D eigenvalue weighted by molar-refractivity contribution is 7.17. The maximum atomic E-state index is 11.9. The molecule has 0 spiro atoms. The lowest BCUT2D eigenvalue weighted by molar-refractivity contribution is 0.276. The summed E-state index contributed by atoms with van der Waals surface area (Å²) in [4.78, 5) is 19.1. The molecule has 0 saturated carbocycles. The maximum absolute atomic E-state index is 11.9. The van der Waals surface area contributed by atoms with E-state index in [9.17, 15) is 9.90 Å². The highest BCUT2D eigenvalue weighted by Crippen LogP contribution is 2.30. The van der Waals surface area contributed by atoms with E-state index in [0.29, 0.717) is 40.3 Å². The Hall–Kier alpha value is -2.10. The Morgan fingerprint density at radius 3 is 2.93 bits per heavy atom. The van der Waals surface area contributed by atoms with Gasteiger partial charge in [0.25, 0.3) is 5.56 Å². The summed E-state index contributed by atoms with van der Waals surface area (Å²) in [5.41, 5.74) is 2.54. The van der Waals surface area contributed by atoms with Crippen LogP contribution in [0.1, 0.15) is 12.1 Å². The fraction of sp³-hybridized carbons (Fsp3) is 0.300. The van der Waals surface area contributed by atoms with Gasteiger partial charge in [-0.05, 0) is 42.6 Å². The molecule has 4 aromatic rings. The molecule has 0 bridgehead atoms. The van der Waals surface area contributed by atoms with Gasteiger partial charge >= 0.3 is 0 Å². The Kier molecular flexibility index (Phi) is 6.60. The van der Waals surface area contributed by atoms with Crippen LogP contribution in [0.3, 0.4) is 0 Å². The molecule has 0 aliphatic heterocycles. The standard InChI is InChI=1S/C20H21Cl2N5O2S/c21-12-8-15(22)14-10-13(27(5-6-28)17(14)9-12)11-23-3-1-4-24-20-25-16-2-7-30-18(16)19(29)26-20/h2,7-10,23,28H,1,3-6,11H2,(H2,24,25,26,29). The predicted octanol–water partition coefficient (Wildman–Crippen LogP) is 3.83. The maximum Gasteiger partial charge on any atom is 0.292 e. The van der Waals surface area contributed by atoms with E-state index in [1.165, 1.54) is 11.3 Å². The van der Waals surface area contributed by atoms with E-state index >= 15 is 0 Å². The molecule has 0 aliphatic carbocycles. The van der Waals surface area contributed by atoms with E-state index in [2.05, 4.69) is 20.6 Å². The largest absolute Gasteiger partial charge is 0.395 e. The number of aromatic amines is 1. The average molecular weight is 466 g/mol. The molecular weight excluding hydrogens is 445 g/mol. The number of benzene rings is 1. The lowest BCUT2D eigenvalue weighted by atomic mass is 10.2. The van der Waals surface area contributed by atoms with Gasteiger partial charge in [0.1, 0.15) is 4.70 Å². The lowest BCUT2D eigenvalue weighted by Crippen LogP contribution is -2.21. The van der Waals surface area contributed by atoms with Gasteiger partial charge in [0.2, 0.25) is 5.95 Å². The van der Waals surface area contributed by atoms with E-state index in [0.717, 1.165) is 35.1 Å². The number of halogens is 2. The van der Waals surface area contributed by atoms with E-state index in [-0.39, 0.29) is 12.2 Å². The topological polar surface area (TPSA) is 95.0 Å². The molecule has 4 rings (SSSR count). The Labute approximate surface area is 186 Å². The second-order valence-corrected chi connectivity index (χ2v) is 8.60. The van der Waals surface area contributed by atoms with Crippen LogP contribution >= 0.6 is 34.5 Å². The number of nitrogens with one attached hydrogen (secondary N) is 3. The molecule has 7 nitrogen and oxygen atoms in total. The summed E-state index contributed by atoms with van der Waals surface area (Å²) in [5.74, 6) is 0.487. The summed E-state index contributed by atoms with van der Waals surface area (Å²) >= 11 is 13.9. The first-order chi connectivity index (χ1) is 14.6. The van der Waals surface area contributed by atoms with Crippen LogP contribution in [0, 0.1) is 0 Å². The Balaban J connectivity index is 1.33. The van der Waals surface area contributed by atoms with Crippen LogP contribution < -0.4 is 16.2 Å². The van der Waals surface area contributed by atoms with Crippen LogP contribution in [0.15, 0.2) is 34.4 Å². The molecule has 3 aromatic heterocycles. The molecule has 0 aliphatic rings. The zero-order valence-corrected chi connectivity index (χ0v) is 18.4. The van der Waals surface area contributed by atoms with Crippen molar-refractivity contribution in [3.05, 3.63) is 55.7 Å². The van der Waals surface area contributed by atoms with Gasteiger partial charge in [-0.3, -0.25) is 4.79 Å². The SMILES string of the molecule is O=c1nc(NCCCNCc2cc3c(Cl)cc(Cl)cc3n2CCO)[nH]c2ccsc12. The Morgan fingerprint density at radius 1 is 1.23 bits per heavy atom. The molecule has 0 atom stereocenters. The molecule has 0 unspecified atom stereocenters. The van der Waals surface area contributed by atoms with Crippen molar-refractivity contribution in [3.8, 4) is 0 Å². The monoisotopic (exact) mass is 465 g/mol. The molecule has 0 fully saturated rings. The summed E-state index contributed by atoms with van der Waals surface area (Å²) in [7, 11) is 0. The van der Waals surface area contributed by atoms with E-state index in [4.69, 9.17) is 23.2 Å². The second kappa shape index (κ2) is 9.36. The van der Waals surface area contributed by atoms with Gasteiger partial charge in [0.05, 0.1) is 22.7 Å². The highest BCUT2D eigenvalue weighted by atomic mass is 35.5. The van der Waals surface area contributed by atoms with Gasteiger partial charge in [0.15, 0.2) is 0 Å². The first-order valence-corrected chi connectivity index (χ1v) is 11.2. The fourth-order valence-electron chi connectivity index (χ4n) is 3.45. The van der Waals surface area contributed by atoms with E-state index < -0.39 is 0 Å². The molecule has 0 radical (unpaired) electrons. The van der Waals surface area contributed by atoms with Gasteiger partial charge < -0.3 is 25.3 Å². The number of thiophene rings is 1. The summed E-state index contributed by atoms with van der Waals surface area (Å²) < 4.78 is 2.67. The number of hydrogen-bond donors (Lipinski definition) is 4. The van der Waals surface area contributed by atoms with Gasteiger partial charge in [-0.2, -0.15) is 4.98 Å². The number of anilines is 1. The van der Waals surface area contributed by atoms with Gasteiger partial charge in [-0.1, -0.05) is 23.2 Å². The van der Waals surface area contributed by atoms with Crippen molar-refractivity contribution in [2.45, 2.75) is 19.5 Å². The summed E-state index contributed by atoms with van der Waals surface area (Å²) in [6.45, 7) is 2.59. The highest BCUT2D eigenvalue weighted by Gasteiger charge is 2.12. The first-order valence-electron chi connectivity index (χ1n) is 9.57. The van der Waals surface area contributed by atoms with Crippen molar-refractivity contribution < 1.29 is 5.11 Å². The van der Waals surface area contributed by atoms with Crippen molar-refractivity contribution in [1.29, 1.82) is 0 Å². The van der Waals surface area contributed by atoms with Gasteiger partial charge in [0, 0.05) is 35.7 Å². The zero-order chi connectivity index (χ0) is 21.1. The van der Waals surface area contributed by atoms with Crippen LogP contribution in [0.5, 0.6) is 0 Å². The molecule has 1 aromatic carbocycles. The number of aliphatic hydroxyl groups is 1. The number of rotatable bonds is 9. The third-order valence-electron chi connectivity index (χ3n) is 4.80. The first kappa shape index (κ1) is 21.1. The minimum atomic E-state index is -0.213. The van der Waals surface area contributed by atoms with Crippen molar-refractivity contribution >= 4 is 61.6 Å². The van der Waals surface area contributed by atoms with Gasteiger partial charge in [-0.15, -0.1) is 11.3 Å².